The van der Waals surface area contributed by atoms with Crippen molar-refractivity contribution in [2.45, 2.75) is 30.6 Å². The van der Waals surface area contributed by atoms with E-state index in [1.807, 2.05) is 0 Å². The molecule has 0 saturated carbocycles. The van der Waals surface area contributed by atoms with E-state index in [0.29, 0.717) is 0 Å². The molecule has 16 heavy (non-hydrogen) atoms. The van der Waals surface area contributed by atoms with Crippen LogP contribution >= 0.6 is 0 Å². The topological polar surface area (TPSA) is 160 Å². The molecule has 0 radical (unpaired) electrons. The van der Waals surface area contributed by atoms with Gasteiger partial charge in [-0.3, -0.25) is 5.04 Å². The third-order valence-electron chi connectivity index (χ3n) is 2.15. The molecule has 1 aliphatic rings. The molecule has 1 saturated heterocycles. The van der Waals surface area contributed by atoms with Crippen molar-refractivity contribution in [3.63, 3.8) is 0 Å². The molecular formula is C6H10N3O7-. The predicted molar refractivity (Wildman–Crippen MR) is 42.9 cm³/mol. The number of ether oxygens (including phenoxy) is 1. The zero-order valence-electron chi connectivity index (χ0n) is 7.91. The molecule has 0 amide bonds. The summed E-state index contributed by atoms with van der Waals surface area (Å²) in [5, 5.41) is 44.0. The second kappa shape index (κ2) is 5.94. The van der Waals surface area contributed by atoms with Crippen LogP contribution in [-0.2, 0) is 14.7 Å². The third-order valence-corrected chi connectivity index (χ3v) is 2.15. The number of rotatable bonds is 4. The Hall–Kier alpha value is -0.970. The van der Waals surface area contributed by atoms with Gasteiger partial charge in [-0.2, -0.15) is 0 Å². The van der Waals surface area contributed by atoms with Gasteiger partial charge >= 0.3 is 0 Å². The first-order valence-electron chi connectivity index (χ1n) is 4.27. The quantitative estimate of drug-likeness (QED) is 0.157. The van der Waals surface area contributed by atoms with E-state index in [0.717, 1.165) is 0 Å². The van der Waals surface area contributed by atoms with Gasteiger partial charge in [-0.15, -0.1) is 0 Å². The summed E-state index contributed by atoms with van der Waals surface area (Å²) in [6.07, 6.45) is -5.77. The molecule has 0 spiro atoms. The fourth-order valence-corrected chi connectivity index (χ4v) is 1.35. The van der Waals surface area contributed by atoms with Crippen molar-refractivity contribution < 1.29 is 35.2 Å². The van der Waals surface area contributed by atoms with Gasteiger partial charge < -0.3 is 25.3 Å². The van der Waals surface area contributed by atoms with Crippen molar-refractivity contribution in [2.75, 3.05) is 6.61 Å². The minimum absolute atomic E-state index is 0.484. The van der Waals surface area contributed by atoms with E-state index in [1.54, 1.807) is 0 Å². The van der Waals surface area contributed by atoms with E-state index in [1.165, 1.54) is 0 Å². The van der Waals surface area contributed by atoms with Gasteiger partial charge in [0.15, 0.2) is 6.29 Å². The minimum atomic E-state index is -1.60. The van der Waals surface area contributed by atoms with Crippen molar-refractivity contribution in [3.05, 3.63) is 10.4 Å². The summed E-state index contributed by atoms with van der Waals surface area (Å²) in [5.74, 6) is 0. The van der Waals surface area contributed by atoms with E-state index < -0.39 is 37.3 Å². The van der Waals surface area contributed by atoms with Gasteiger partial charge in [0, 0.05) is 4.91 Å². The van der Waals surface area contributed by atoms with Gasteiger partial charge in [-0.05, 0) is 5.53 Å². The highest BCUT2D eigenvalue weighted by molar-refractivity contribution is 4.92. The molecule has 5 atom stereocenters. The first kappa shape index (κ1) is 13.1. The van der Waals surface area contributed by atoms with Gasteiger partial charge in [0.05, 0.1) is 6.10 Å². The van der Waals surface area contributed by atoms with E-state index in [2.05, 4.69) is 20.0 Å². The smallest absolute Gasteiger partial charge is 0.166 e. The molecule has 10 nitrogen and oxygen atoms in total. The summed E-state index contributed by atoms with van der Waals surface area (Å²) in [6, 6.07) is -1.33. The van der Waals surface area contributed by atoms with Crippen LogP contribution in [0.2, 0.25) is 0 Å². The van der Waals surface area contributed by atoms with Crippen molar-refractivity contribution >= 4 is 0 Å². The lowest BCUT2D eigenvalue weighted by atomic mass is 9.98. The minimum Gasteiger partial charge on any atom is -0.692 e. The SMILES string of the molecule is [N-]=[N+]=NC1[C@H](O)OC(COO[O-])[C@@H](O)[C@@H]1O. The second-order valence-electron chi connectivity index (χ2n) is 3.09. The van der Waals surface area contributed by atoms with Gasteiger partial charge in [-0.25, -0.2) is 4.89 Å². The van der Waals surface area contributed by atoms with Crippen LogP contribution in [0.15, 0.2) is 5.11 Å². The zero-order valence-corrected chi connectivity index (χ0v) is 7.91. The summed E-state index contributed by atoms with van der Waals surface area (Å²) in [7, 11) is 0. The lowest BCUT2D eigenvalue weighted by molar-refractivity contribution is -0.801. The van der Waals surface area contributed by atoms with Crippen LogP contribution in [-0.4, -0.2) is 52.6 Å². The molecule has 0 aromatic rings. The molecule has 3 N–H and O–H groups in total. The van der Waals surface area contributed by atoms with E-state index in [9.17, 15) is 20.6 Å². The Morgan fingerprint density at radius 3 is 2.62 bits per heavy atom. The molecule has 1 aliphatic heterocycles. The van der Waals surface area contributed by atoms with Crippen LogP contribution in [0.3, 0.4) is 0 Å². The Bertz CT molecular complexity index is 271. The van der Waals surface area contributed by atoms with E-state index >= 15 is 0 Å². The Morgan fingerprint density at radius 1 is 1.38 bits per heavy atom. The van der Waals surface area contributed by atoms with Crippen LogP contribution in [0.25, 0.3) is 10.4 Å². The highest BCUT2D eigenvalue weighted by Gasteiger charge is 2.43. The maximum atomic E-state index is 9.56. The summed E-state index contributed by atoms with van der Waals surface area (Å²) in [5.41, 5.74) is 8.16. The molecule has 1 rings (SSSR count). The monoisotopic (exact) mass is 236 g/mol. The van der Waals surface area contributed by atoms with Gasteiger partial charge in [-0.1, -0.05) is 5.11 Å². The average molecular weight is 236 g/mol. The molecule has 1 fully saturated rings. The zero-order chi connectivity index (χ0) is 12.1. The van der Waals surface area contributed by atoms with Crippen molar-refractivity contribution in [1.29, 1.82) is 0 Å². The number of hydrogen-bond acceptors (Lipinski definition) is 8. The summed E-state index contributed by atoms with van der Waals surface area (Å²) < 4.78 is 4.77. The first-order valence-corrected chi connectivity index (χ1v) is 4.27. The lowest BCUT2D eigenvalue weighted by Gasteiger charge is -2.38. The highest BCUT2D eigenvalue weighted by atomic mass is 17.5. The number of azide groups is 1. The van der Waals surface area contributed by atoms with E-state index in [4.69, 9.17) is 10.3 Å². The van der Waals surface area contributed by atoms with Crippen LogP contribution in [0.5, 0.6) is 0 Å². The molecule has 0 bridgehead atoms. The maximum Gasteiger partial charge on any atom is 0.166 e. The maximum absolute atomic E-state index is 9.56. The number of nitrogens with zero attached hydrogens (tertiary/aromatic N) is 3. The predicted octanol–water partition coefficient (Wildman–Crippen LogP) is -2.67. The second-order valence-corrected chi connectivity index (χ2v) is 3.09. The van der Waals surface area contributed by atoms with Gasteiger partial charge in [0.1, 0.15) is 24.9 Å². The lowest BCUT2D eigenvalue weighted by Crippen LogP contribution is -2.57. The van der Waals surface area contributed by atoms with E-state index in [-0.39, 0.29) is 0 Å². The third kappa shape index (κ3) is 2.78. The molecular weight excluding hydrogens is 226 g/mol. The van der Waals surface area contributed by atoms with Crippen LogP contribution in [0, 0.1) is 0 Å². The van der Waals surface area contributed by atoms with Crippen LogP contribution in [0.4, 0.5) is 0 Å². The van der Waals surface area contributed by atoms with Crippen molar-refractivity contribution in [1.82, 2.24) is 0 Å². The Kier molecular flexibility index (Phi) is 4.86. The highest BCUT2D eigenvalue weighted by Crippen LogP contribution is 2.22. The van der Waals surface area contributed by atoms with Crippen LogP contribution in [0.1, 0.15) is 0 Å². The van der Waals surface area contributed by atoms with Crippen molar-refractivity contribution in [3.8, 4) is 0 Å². The summed E-state index contributed by atoms with van der Waals surface area (Å²) in [6.45, 7) is -0.484. The fraction of sp³-hybridized carbons (Fsp3) is 1.00. The Balaban J connectivity index is 2.66. The number of hydrogen-bond donors (Lipinski definition) is 3. The first-order chi connectivity index (χ1) is 7.61. The number of aliphatic hydroxyl groups is 3. The van der Waals surface area contributed by atoms with Crippen LogP contribution < -0.4 is 5.26 Å². The molecule has 92 valence electrons. The Morgan fingerprint density at radius 2 is 2.06 bits per heavy atom. The molecule has 2 unspecified atom stereocenters. The molecule has 0 aromatic carbocycles. The normalized spacial score (nSPS) is 39.1. The van der Waals surface area contributed by atoms with Gasteiger partial charge in [0.25, 0.3) is 0 Å². The largest absolute Gasteiger partial charge is 0.692 e. The summed E-state index contributed by atoms with van der Waals surface area (Å²) in [4.78, 5) is 6.36. The fourth-order valence-electron chi connectivity index (χ4n) is 1.35. The molecule has 0 aliphatic carbocycles. The number of aliphatic hydroxyl groups excluding tert-OH is 3. The summed E-state index contributed by atoms with van der Waals surface area (Å²) >= 11 is 0. The average Bonchev–Trinajstić information content (AvgIpc) is 2.27. The van der Waals surface area contributed by atoms with Crippen molar-refractivity contribution in [2.24, 2.45) is 5.11 Å². The molecule has 1 heterocycles. The standard InChI is InChI=1S/C6H11N3O7/c7-9-8-3-5(11)4(10)2(1-14-16-13)15-6(3)12/h2-6,10-13H,1H2/p-1/t2?,3?,4-,5-,6-/m1/s1. The Labute approximate surface area is 89.1 Å². The van der Waals surface area contributed by atoms with Gasteiger partial charge in [0.2, 0.25) is 0 Å². The molecule has 10 heteroatoms. The molecule has 0 aromatic heterocycles.